The van der Waals surface area contributed by atoms with E-state index in [0.29, 0.717) is 6.54 Å². The smallest absolute Gasteiger partial charge is 0.322 e. The molecule has 2 rings (SSSR count). The molecule has 22 heavy (non-hydrogen) atoms. The van der Waals surface area contributed by atoms with E-state index in [1.165, 1.54) is 0 Å². The number of amides is 3. The van der Waals surface area contributed by atoms with E-state index in [-0.39, 0.29) is 35.8 Å². The van der Waals surface area contributed by atoms with Crippen LogP contribution in [-0.2, 0) is 4.79 Å². The molecular weight excluding hydrogens is 397 g/mol. The Kier molecular flexibility index (Phi) is 6.64. The van der Waals surface area contributed by atoms with Gasteiger partial charge in [-0.2, -0.15) is 0 Å². The number of carbonyl (C=O) groups excluding carboxylic acids is 2. The lowest BCUT2D eigenvalue weighted by molar-refractivity contribution is -0.125. The van der Waals surface area contributed by atoms with Gasteiger partial charge in [-0.05, 0) is 25.7 Å². The number of nitrogens with zero attached hydrogens (tertiary/aromatic N) is 2. The quantitative estimate of drug-likeness (QED) is 0.206. The molecule has 0 spiro atoms. The molecule has 3 N–H and O–H groups in total. The number of hydrogen-bond donors (Lipinski definition) is 3. The summed E-state index contributed by atoms with van der Waals surface area (Å²) < 4.78 is 0. The molecule has 0 aliphatic carbocycles. The molecule has 8 heteroatoms. The monoisotopic (exact) mass is 421 g/mol. The van der Waals surface area contributed by atoms with Gasteiger partial charge in [0.2, 0.25) is 0 Å². The average molecular weight is 421 g/mol. The number of imide groups is 1. The van der Waals surface area contributed by atoms with E-state index in [0.717, 1.165) is 31.9 Å². The average Bonchev–Trinajstić information content (AvgIpc) is 2.74. The zero-order valence-corrected chi connectivity index (χ0v) is 15.3. The third-order valence-electron chi connectivity index (χ3n) is 4.30. The molecule has 2 saturated heterocycles. The first-order chi connectivity index (χ1) is 10.0. The van der Waals surface area contributed by atoms with Crippen LogP contribution in [0.4, 0.5) is 4.79 Å². The first-order valence-electron chi connectivity index (χ1n) is 7.21. The predicted molar refractivity (Wildman–Crippen MR) is 96.4 cm³/mol. The van der Waals surface area contributed by atoms with Crippen LogP contribution < -0.4 is 16.0 Å². The second kappa shape index (κ2) is 7.80. The van der Waals surface area contributed by atoms with Gasteiger partial charge in [0.15, 0.2) is 5.96 Å². The Hall–Kier alpha value is -1.32. The number of hydrogen-bond acceptors (Lipinski definition) is 3. The standard InChI is InChI=1S/C14H23N5O2.HI/c1-4-7-16-12(15-3)19-8-5-10(6-9-19)14(2)11(20)17-13(21)18-14;/h4,10H,1,5-9H2,2-3H3,(H,15,16)(H2,17,18,20,21);1H. The molecule has 1 atom stereocenters. The number of likely N-dealkylation sites (tertiary alicyclic amines) is 1. The van der Waals surface area contributed by atoms with Crippen molar-refractivity contribution >= 4 is 41.9 Å². The van der Waals surface area contributed by atoms with Crippen molar-refractivity contribution < 1.29 is 9.59 Å². The van der Waals surface area contributed by atoms with Crippen LogP contribution in [0.5, 0.6) is 0 Å². The fraction of sp³-hybridized carbons (Fsp3) is 0.643. The van der Waals surface area contributed by atoms with Crippen LogP contribution in [0.1, 0.15) is 19.8 Å². The Morgan fingerprint density at radius 2 is 2.14 bits per heavy atom. The van der Waals surface area contributed by atoms with Crippen molar-refractivity contribution in [2.75, 3.05) is 26.7 Å². The topological polar surface area (TPSA) is 85.8 Å². The molecule has 124 valence electrons. The second-order valence-corrected chi connectivity index (χ2v) is 5.59. The third-order valence-corrected chi connectivity index (χ3v) is 4.30. The number of nitrogens with one attached hydrogen (secondary N) is 3. The number of piperidine rings is 1. The molecule has 3 amide bonds. The highest BCUT2D eigenvalue weighted by Gasteiger charge is 2.48. The van der Waals surface area contributed by atoms with E-state index in [4.69, 9.17) is 0 Å². The summed E-state index contributed by atoms with van der Waals surface area (Å²) in [5.41, 5.74) is -0.790. The number of urea groups is 1. The summed E-state index contributed by atoms with van der Waals surface area (Å²) in [5.74, 6) is 0.760. The van der Waals surface area contributed by atoms with Crippen LogP contribution in [0, 0.1) is 5.92 Å². The summed E-state index contributed by atoms with van der Waals surface area (Å²) in [6, 6.07) is -0.395. The summed E-state index contributed by atoms with van der Waals surface area (Å²) in [4.78, 5) is 29.7. The largest absolute Gasteiger partial charge is 0.353 e. The maximum atomic E-state index is 12.0. The van der Waals surface area contributed by atoms with Crippen molar-refractivity contribution in [1.82, 2.24) is 20.9 Å². The van der Waals surface area contributed by atoms with Crippen molar-refractivity contribution in [3.05, 3.63) is 12.7 Å². The molecule has 0 saturated carbocycles. The van der Waals surface area contributed by atoms with Gasteiger partial charge < -0.3 is 15.5 Å². The third kappa shape index (κ3) is 3.71. The van der Waals surface area contributed by atoms with E-state index in [1.807, 2.05) is 0 Å². The van der Waals surface area contributed by atoms with E-state index in [1.54, 1.807) is 20.0 Å². The fourth-order valence-electron chi connectivity index (χ4n) is 3.01. The van der Waals surface area contributed by atoms with E-state index in [2.05, 4.69) is 32.4 Å². The van der Waals surface area contributed by atoms with Crippen LogP contribution in [0.3, 0.4) is 0 Å². The summed E-state index contributed by atoms with van der Waals surface area (Å²) in [6.07, 6.45) is 3.45. The highest BCUT2D eigenvalue weighted by Crippen LogP contribution is 2.30. The maximum absolute atomic E-state index is 12.0. The van der Waals surface area contributed by atoms with Gasteiger partial charge in [-0.3, -0.25) is 15.1 Å². The lowest BCUT2D eigenvalue weighted by Crippen LogP contribution is -2.55. The van der Waals surface area contributed by atoms with E-state index < -0.39 is 11.6 Å². The van der Waals surface area contributed by atoms with E-state index >= 15 is 0 Å². The Labute approximate surface area is 148 Å². The first kappa shape index (κ1) is 18.7. The Morgan fingerprint density at radius 3 is 2.59 bits per heavy atom. The van der Waals surface area contributed by atoms with Gasteiger partial charge in [-0.1, -0.05) is 6.08 Å². The number of rotatable bonds is 3. The SMILES string of the molecule is C=CCNC(=NC)N1CCC(C2(C)NC(=O)NC2=O)CC1.I. The van der Waals surface area contributed by atoms with Gasteiger partial charge in [-0.15, -0.1) is 30.6 Å². The molecule has 2 aliphatic rings. The molecule has 7 nitrogen and oxygen atoms in total. The minimum atomic E-state index is -0.790. The van der Waals surface area contributed by atoms with Crippen molar-refractivity contribution in [2.24, 2.45) is 10.9 Å². The van der Waals surface area contributed by atoms with Crippen molar-refractivity contribution in [3.8, 4) is 0 Å². The summed E-state index contributed by atoms with van der Waals surface area (Å²) >= 11 is 0. The van der Waals surface area contributed by atoms with Crippen LogP contribution in [0.15, 0.2) is 17.6 Å². The lowest BCUT2D eigenvalue weighted by Gasteiger charge is -2.39. The molecule has 0 aromatic rings. The zero-order valence-electron chi connectivity index (χ0n) is 13.0. The highest BCUT2D eigenvalue weighted by atomic mass is 127. The molecule has 0 bridgehead atoms. The number of aliphatic imine (C=N–C) groups is 1. The van der Waals surface area contributed by atoms with Crippen LogP contribution in [-0.4, -0.2) is 55.0 Å². The molecule has 0 aromatic carbocycles. The molecule has 2 aliphatic heterocycles. The van der Waals surface area contributed by atoms with Crippen LogP contribution >= 0.6 is 24.0 Å². The summed E-state index contributed by atoms with van der Waals surface area (Å²) in [6.45, 7) is 7.77. The van der Waals surface area contributed by atoms with Crippen LogP contribution in [0.25, 0.3) is 0 Å². The van der Waals surface area contributed by atoms with E-state index in [9.17, 15) is 9.59 Å². The van der Waals surface area contributed by atoms with Gasteiger partial charge in [0.1, 0.15) is 5.54 Å². The Balaban J connectivity index is 0.00000242. The maximum Gasteiger partial charge on any atom is 0.322 e. The van der Waals surface area contributed by atoms with Gasteiger partial charge >= 0.3 is 6.03 Å². The predicted octanol–water partition coefficient (Wildman–Crippen LogP) is 0.676. The normalized spacial score (nSPS) is 26.1. The first-order valence-corrected chi connectivity index (χ1v) is 7.21. The number of carbonyl (C=O) groups is 2. The van der Waals surface area contributed by atoms with Gasteiger partial charge in [-0.25, -0.2) is 4.79 Å². The molecular formula is C14H24IN5O2. The molecule has 2 fully saturated rings. The lowest BCUT2D eigenvalue weighted by atomic mass is 9.79. The molecule has 1 unspecified atom stereocenters. The highest BCUT2D eigenvalue weighted by molar-refractivity contribution is 14.0. The Bertz CT molecular complexity index is 474. The molecule has 2 heterocycles. The fourth-order valence-corrected chi connectivity index (χ4v) is 3.01. The number of halogens is 1. The minimum Gasteiger partial charge on any atom is -0.353 e. The second-order valence-electron chi connectivity index (χ2n) is 5.59. The minimum absolute atomic E-state index is 0. The molecule has 0 aromatic heterocycles. The summed E-state index contributed by atoms with van der Waals surface area (Å²) in [5, 5.41) is 8.30. The van der Waals surface area contributed by atoms with Crippen molar-refractivity contribution in [1.29, 1.82) is 0 Å². The molecule has 0 radical (unpaired) electrons. The van der Waals surface area contributed by atoms with Crippen molar-refractivity contribution in [2.45, 2.75) is 25.3 Å². The summed E-state index contributed by atoms with van der Waals surface area (Å²) in [7, 11) is 1.75. The van der Waals surface area contributed by atoms with Gasteiger partial charge in [0.25, 0.3) is 5.91 Å². The van der Waals surface area contributed by atoms with Gasteiger partial charge in [0, 0.05) is 26.7 Å². The van der Waals surface area contributed by atoms with Crippen molar-refractivity contribution in [3.63, 3.8) is 0 Å². The number of guanidine groups is 1. The zero-order chi connectivity index (χ0) is 15.5. The van der Waals surface area contributed by atoms with Crippen LogP contribution in [0.2, 0.25) is 0 Å². The van der Waals surface area contributed by atoms with Gasteiger partial charge in [0.05, 0.1) is 0 Å². The Morgan fingerprint density at radius 1 is 1.50 bits per heavy atom.